The maximum absolute atomic E-state index is 12.5. The van der Waals surface area contributed by atoms with Gasteiger partial charge in [0.05, 0.1) is 12.1 Å². The second-order valence-electron chi connectivity index (χ2n) is 6.60. The van der Waals surface area contributed by atoms with Gasteiger partial charge in [-0.25, -0.2) is 4.68 Å². The minimum atomic E-state index is 0.110. The molecule has 1 aromatic heterocycles. The van der Waals surface area contributed by atoms with Crippen molar-refractivity contribution in [3.63, 3.8) is 0 Å². The standard InChI is InChI=1S/C21H24N4O/c1-23(2)19-9-5-17(6-10-19)15-21(26)24(3)16-18-7-11-20(12-8-18)25-14-4-13-22-25/h4-14H,15-16H2,1-3H3. The molecular weight excluding hydrogens is 324 g/mol. The van der Waals surface area contributed by atoms with Crippen LogP contribution in [-0.4, -0.2) is 41.7 Å². The molecule has 0 atom stereocenters. The fourth-order valence-corrected chi connectivity index (χ4v) is 2.76. The van der Waals surface area contributed by atoms with Gasteiger partial charge in [-0.2, -0.15) is 5.10 Å². The van der Waals surface area contributed by atoms with Crippen LogP contribution in [0.15, 0.2) is 67.0 Å². The number of carbonyl (C=O) groups excluding carboxylic acids is 1. The monoisotopic (exact) mass is 348 g/mol. The average molecular weight is 348 g/mol. The minimum absolute atomic E-state index is 0.110. The molecule has 0 bridgehead atoms. The van der Waals surface area contributed by atoms with E-state index in [0.717, 1.165) is 22.5 Å². The van der Waals surface area contributed by atoms with Crippen molar-refractivity contribution in [3.05, 3.63) is 78.1 Å². The van der Waals surface area contributed by atoms with E-state index < -0.39 is 0 Å². The Kier molecular flexibility index (Phi) is 5.37. The largest absolute Gasteiger partial charge is 0.378 e. The SMILES string of the molecule is CN(Cc1ccc(-n2cccn2)cc1)C(=O)Cc1ccc(N(C)C)cc1. The lowest BCUT2D eigenvalue weighted by atomic mass is 10.1. The molecule has 0 aliphatic carbocycles. The average Bonchev–Trinajstić information content (AvgIpc) is 3.17. The third-order valence-electron chi connectivity index (χ3n) is 4.36. The summed E-state index contributed by atoms with van der Waals surface area (Å²) in [6, 6.07) is 18.1. The van der Waals surface area contributed by atoms with Crippen molar-refractivity contribution in [2.75, 3.05) is 26.0 Å². The zero-order chi connectivity index (χ0) is 18.5. The van der Waals surface area contributed by atoms with Gasteiger partial charge in [-0.1, -0.05) is 24.3 Å². The second-order valence-corrected chi connectivity index (χ2v) is 6.60. The smallest absolute Gasteiger partial charge is 0.227 e. The highest BCUT2D eigenvalue weighted by Crippen LogP contribution is 2.14. The quantitative estimate of drug-likeness (QED) is 0.687. The Labute approximate surface area is 154 Å². The molecule has 0 unspecified atom stereocenters. The van der Waals surface area contributed by atoms with Crippen molar-refractivity contribution in [1.82, 2.24) is 14.7 Å². The highest BCUT2D eigenvalue weighted by atomic mass is 16.2. The molecule has 0 spiro atoms. The zero-order valence-corrected chi connectivity index (χ0v) is 15.5. The summed E-state index contributed by atoms with van der Waals surface area (Å²) in [6.45, 7) is 0.591. The Balaban J connectivity index is 1.58. The molecule has 5 heteroatoms. The van der Waals surface area contributed by atoms with Gasteiger partial charge in [-0.15, -0.1) is 0 Å². The Hall–Kier alpha value is -3.08. The van der Waals surface area contributed by atoms with E-state index in [1.807, 2.05) is 91.5 Å². The highest BCUT2D eigenvalue weighted by Gasteiger charge is 2.11. The summed E-state index contributed by atoms with van der Waals surface area (Å²) in [5, 5.41) is 4.22. The van der Waals surface area contributed by atoms with E-state index in [1.165, 1.54) is 0 Å². The number of carbonyl (C=O) groups is 1. The summed E-state index contributed by atoms with van der Waals surface area (Å²) in [4.78, 5) is 16.3. The van der Waals surface area contributed by atoms with Crippen molar-refractivity contribution in [3.8, 4) is 5.69 Å². The van der Waals surface area contributed by atoms with Crippen LogP contribution in [0.1, 0.15) is 11.1 Å². The number of likely N-dealkylation sites (N-methyl/N-ethyl adjacent to an activating group) is 1. The second kappa shape index (κ2) is 7.87. The lowest BCUT2D eigenvalue weighted by Gasteiger charge is -2.18. The van der Waals surface area contributed by atoms with Crippen LogP contribution >= 0.6 is 0 Å². The Bertz CT molecular complexity index is 837. The van der Waals surface area contributed by atoms with Gasteiger partial charge in [0.2, 0.25) is 5.91 Å². The predicted molar refractivity (Wildman–Crippen MR) is 105 cm³/mol. The van der Waals surface area contributed by atoms with E-state index in [-0.39, 0.29) is 5.91 Å². The van der Waals surface area contributed by atoms with E-state index in [0.29, 0.717) is 13.0 Å². The molecule has 1 heterocycles. The van der Waals surface area contributed by atoms with Crippen molar-refractivity contribution >= 4 is 11.6 Å². The number of anilines is 1. The van der Waals surface area contributed by atoms with Crippen LogP contribution in [0.5, 0.6) is 0 Å². The first kappa shape index (κ1) is 17.7. The Morgan fingerprint density at radius 1 is 0.962 bits per heavy atom. The third kappa shape index (κ3) is 4.30. The molecule has 2 aromatic carbocycles. The van der Waals surface area contributed by atoms with Crippen molar-refractivity contribution < 1.29 is 4.79 Å². The van der Waals surface area contributed by atoms with E-state index in [9.17, 15) is 4.79 Å². The molecule has 0 N–H and O–H groups in total. The predicted octanol–water partition coefficient (Wildman–Crippen LogP) is 3.14. The van der Waals surface area contributed by atoms with Gasteiger partial charge < -0.3 is 9.80 Å². The lowest BCUT2D eigenvalue weighted by Crippen LogP contribution is -2.27. The first-order valence-electron chi connectivity index (χ1n) is 8.62. The number of amides is 1. The van der Waals surface area contributed by atoms with Crippen molar-refractivity contribution in [1.29, 1.82) is 0 Å². The van der Waals surface area contributed by atoms with Gasteiger partial charge >= 0.3 is 0 Å². The first-order valence-corrected chi connectivity index (χ1v) is 8.62. The summed E-state index contributed by atoms with van der Waals surface area (Å²) in [5.74, 6) is 0.110. The molecule has 0 aliphatic heterocycles. The fraction of sp³-hybridized carbons (Fsp3) is 0.238. The summed E-state index contributed by atoms with van der Waals surface area (Å²) in [5.41, 5.74) is 4.27. The minimum Gasteiger partial charge on any atom is -0.378 e. The third-order valence-corrected chi connectivity index (χ3v) is 4.36. The van der Waals surface area contributed by atoms with Crippen LogP contribution in [0, 0.1) is 0 Å². The summed E-state index contributed by atoms with van der Waals surface area (Å²) in [7, 11) is 5.86. The van der Waals surface area contributed by atoms with Crippen LogP contribution in [0.3, 0.4) is 0 Å². The normalized spacial score (nSPS) is 10.6. The maximum atomic E-state index is 12.5. The number of aromatic nitrogens is 2. The first-order chi connectivity index (χ1) is 12.5. The highest BCUT2D eigenvalue weighted by molar-refractivity contribution is 5.78. The van der Waals surface area contributed by atoms with Crippen molar-refractivity contribution in [2.45, 2.75) is 13.0 Å². The van der Waals surface area contributed by atoms with Crippen molar-refractivity contribution in [2.24, 2.45) is 0 Å². The fourth-order valence-electron chi connectivity index (χ4n) is 2.76. The number of hydrogen-bond acceptors (Lipinski definition) is 3. The van der Waals surface area contributed by atoms with Crippen LogP contribution < -0.4 is 4.90 Å². The van der Waals surface area contributed by atoms with Crippen LogP contribution in [0.2, 0.25) is 0 Å². The Morgan fingerprint density at radius 2 is 1.62 bits per heavy atom. The van der Waals surface area contributed by atoms with Crippen LogP contribution in [0.4, 0.5) is 5.69 Å². The summed E-state index contributed by atoms with van der Waals surface area (Å²) >= 11 is 0. The Morgan fingerprint density at radius 3 is 2.19 bits per heavy atom. The molecule has 0 aliphatic rings. The summed E-state index contributed by atoms with van der Waals surface area (Å²) < 4.78 is 1.82. The molecule has 0 fully saturated rings. The molecule has 1 amide bonds. The van der Waals surface area contributed by atoms with E-state index in [4.69, 9.17) is 0 Å². The lowest BCUT2D eigenvalue weighted by molar-refractivity contribution is -0.129. The van der Waals surface area contributed by atoms with E-state index in [1.54, 1.807) is 11.1 Å². The van der Waals surface area contributed by atoms with Gasteiger partial charge in [0.25, 0.3) is 0 Å². The zero-order valence-electron chi connectivity index (χ0n) is 15.5. The van der Waals surface area contributed by atoms with Crippen LogP contribution in [0.25, 0.3) is 5.69 Å². The molecule has 26 heavy (non-hydrogen) atoms. The molecule has 134 valence electrons. The molecule has 3 aromatic rings. The van der Waals surface area contributed by atoms with Crippen LogP contribution in [-0.2, 0) is 17.8 Å². The van der Waals surface area contributed by atoms with Gasteiger partial charge in [-0.05, 0) is 41.5 Å². The molecular formula is C21H24N4O. The van der Waals surface area contributed by atoms with Gasteiger partial charge in [0.15, 0.2) is 0 Å². The van der Waals surface area contributed by atoms with Gasteiger partial charge in [-0.3, -0.25) is 4.79 Å². The number of rotatable bonds is 6. The molecule has 0 saturated heterocycles. The van der Waals surface area contributed by atoms with E-state index in [2.05, 4.69) is 5.10 Å². The molecule has 0 radical (unpaired) electrons. The number of benzene rings is 2. The summed E-state index contributed by atoms with van der Waals surface area (Å²) in [6.07, 6.45) is 4.08. The number of nitrogens with zero attached hydrogens (tertiary/aromatic N) is 4. The van der Waals surface area contributed by atoms with Gasteiger partial charge in [0, 0.05) is 45.8 Å². The molecule has 0 saturated carbocycles. The maximum Gasteiger partial charge on any atom is 0.227 e. The van der Waals surface area contributed by atoms with E-state index >= 15 is 0 Å². The molecule has 3 rings (SSSR count). The topological polar surface area (TPSA) is 41.4 Å². The number of hydrogen-bond donors (Lipinski definition) is 0. The molecule has 5 nitrogen and oxygen atoms in total. The van der Waals surface area contributed by atoms with Gasteiger partial charge in [0.1, 0.15) is 0 Å².